The van der Waals surface area contributed by atoms with Crippen molar-refractivity contribution in [2.45, 2.75) is 16.3 Å². The molecule has 15 heavy (non-hydrogen) atoms. The number of nitrogens with zero attached hydrogens (tertiary/aromatic N) is 3. The number of hydrogen-bond donors (Lipinski definition) is 1. The highest BCUT2D eigenvalue weighted by molar-refractivity contribution is 9.10. The maximum Gasteiger partial charge on any atom is 0.180 e. The van der Waals surface area contributed by atoms with Gasteiger partial charge in [0.25, 0.3) is 0 Å². The van der Waals surface area contributed by atoms with E-state index < -0.39 is 0 Å². The Bertz CT molecular complexity index is 485. The summed E-state index contributed by atoms with van der Waals surface area (Å²) in [4.78, 5) is 4.21. The van der Waals surface area contributed by atoms with Crippen molar-refractivity contribution in [3.8, 4) is 0 Å². The van der Waals surface area contributed by atoms with E-state index in [2.05, 4.69) is 31.1 Å². The van der Waals surface area contributed by atoms with Crippen molar-refractivity contribution >= 4 is 44.7 Å². The van der Waals surface area contributed by atoms with Crippen LogP contribution < -0.4 is 5.73 Å². The molecular formula is C8H7BrN4S2. The van der Waals surface area contributed by atoms with E-state index in [9.17, 15) is 0 Å². The molecule has 0 spiro atoms. The SMILES string of the molecule is Cc1nnc(Sc2ncc(Br)cc2N)s1. The molecule has 0 fully saturated rings. The number of anilines is 1. The Kier molecular flexibility index (Phi) is 3.22. The van der Waals surface area contributed by atoms with Crippen LogP contribution in [0.4, 0.5) is 5.69 Å². The second kappa shape index (κ2) is 4.46. The minimum Gasteiger partial charge on any atom is -0.396 e. The van der Waals surface area contributed by atoms with Gasteiger partial charge in [-0.2, -0.15) is 0 Å². The third-order valence-corrected chi connectivity index (χ3v) is 3.89. The van der Waals surface area contributed by atoms with Crippen LogP contribution in [0, 0.1) is 6.92 Å². The minimum absolute atomic E-state index is 0.641. The van der Waals surface area contributed by atoms with E-state index in [0.29, 0.717) is 5.69 Å². The zero-order valence-electron chi connectivity index (χ0n) is 7.77. The lowest BCUT2D eigenvalue weighted by Gasteiger charge is -2.01. The molecule has 2 N–H and O–H groups in total. The lowest BCUT2D eigenvalue weighted by Crippen LogP contribution is -1.91. The summed E-state index contributed by atoms with van der Waals surface area (Å²) in [5, 5.41) is 9.63. The second-order valence-corrected chi connectivity index (χ2v) is 6.07. The molecule has 4 nitrogen and oxygen atoms in total. The highest BCUT2D eigenvalue weighted by Crippen LogP contribution is 2.32. The molecule has 2 heterocycles. The number of aryl methyl sites for hydroxylation is 1. The molecule has 0 amide bonds. The van der Waals surface area contributed by atoms with Crippen molar-refractivity contribution in [1.29, 1.82) is 0 Å². The van der Waals surface area contributed by atoms with Crippen LogP contribution in [0.15, 0.2) is 26.1 Å². The lowest BCUT2D eigenvalue weighted by atomic mass is 10.4. The predicted molar refractivity (Wildman–Crippen MR) is 65.1 cm³/mol. The molecule has 0 aliphatic rings. The molecular weight excluding hydrogens is 296 g/mol. The largest absolute Gasteiger partial charge is 0.396 e. The van der Waals surface area contributed by atoms with Gasteiger partial charge in [-0.15, -0.1) is 10.2 Å². The fraction of sp³-hybridized carbons (Fsp3) is 0.125. The number of hydrogen-bond acceptors (Lipinski definition) is 6. The number of pyridine rings is 1. The average molecular weight is 303 g/mol. The fourth-order valence-electron chi connectivity index (χ4n) is 0.930. The van der Waals surface area contributed by atoms with E-state index in [0.717, 1.165) is 18.8 Å². The average Bonchev–Trinajstić information content (AvgIpc) is 2.56. The van der Waals surface area contributed by atoms with Crippen LogP contribution >= 0.6 is 39.0 Å². The van der Waals surface area contributed by atoms with Crippen molar-refractivity contribution in [3.05, 3.63) is 21.7 Å². The molecule has 0 atom stereocenters. The van der Waals surface area contributed by atoms with Crippen LogP contribution in [0.2, 0.25) is 0 Å². The van der Waals surface area contributed by atoms with Crippen LogP contribution in [0.5, 0.6) is 0 Å². The predicted octanol–water partition coefficient (Wildman–Crippen LogP) is 2.74. The van der Waals surface area contributed by atoms with Crippen LogP contribution in [0.3, 0.4) is 0 Å². The van der Waals surface area contributed by atoms with E-state index in [1.54, 1.807) is 6.20 Å². The number of nitrogen functional groups attached to an aromatic ring is 1. The summed E-state index contributed by atoms with van der Waals surface area (Å²) < 4.78 is 1.73. The smallest absolute Gasteiger partial charge is 0.180 e. The third kappa shape index (κ3) is 2.67. The Morgan fingerprint density at radius 3 is 2.87 bits per heavy atom. The van der Waals surface area contributed by atoms with Gasteiger partial charge in [0.05, 0.1) is 5.69 Å². The Hall–Kier alpha value is -0.660. The summed E-state index contributed by atoms with van der Waals surface area (Å²) in [7, 11) is 0. The Morgan fingerprint density at radius 2 is 2.27 bits per heavy atom. The molecule has 0 saturated heterocycles. The molecule has 0 unspecified atom stereocenters. The lowest BCUT2D eigenvalue weighted by molar-refractivity contribution is 0.981. The molecule has 2 aromatic heterocycles. The molecule has 0 aliphatic carbocycles. The summed E-state index contributed by atoms with van der Waals surface area (Å²) in [5.41, 5.74) is 6.46. The van der Waals surface area contributed by atoms with Gasteiger partial charge in [0.15, 0.2) is 4.34 Å². The molecule has 2 aromatic rings. The van der Waals surface area contributed by atoms with Crippen molar-refractivity contribution in [1.82, 2.24) is 15.2 Å². The van der Waals surface area contributed by atoms with E-state index in [1.165, 1.54) is 23.1 Å². The number of aromatic nitrogens is 3. The molecule has 0 aliphatic heterocycles. The maximum atomic E-state index is 5.82. The monoisotopic (exact) mass is 302 g/mol. The van der Waals surface area contributed by atoms with Crippen LogP contribution in [-0.4, -0.2) is 15.2 Å². The van der Waals surface area contributed by atoms with Crippen molar-refractivity contribution in [2.24, 2.45) is 0 Å². The maximum absolute atomic E-state index is 5.82. The van der Waals surface area contributed by atoms with E-state index >= 15 is 0 Å². The fourth-order valence-corrected chi connectivity index (χ4v) is 2.99. The normalized spacial score (nSPS) is 10.5. The first kappa shape index (κ1) is 10.8. The van der Waals surface area contributed by atoms with E-state index in [-0.39, 0.29) is 0 Å². The second-order valence-electron chi connectivity index (χ2n) is 2.74. The molecule has 0 radical (unpaired) electrons. The van der Waals surface area contributed by atoms with Gasteiger partial charge in [-0.1, -0.05) is 11.3 Å². The van der Waals surface area contributed by atoms with Crippen molar-refractivity contribution in [2.75, 3.05) is 5.73 Å². The van der Waals surface area contributed by atoms with Crippen molar-refractivity contribution in [3.63, 3.8) is 0 Å². The van der Waals surface area contributed by atoms with Gasteiger partial charge in [-0.05, 0) is 40.7 Å². The van der Waals surface area contributed by atoms with Gasteiger partial charge in [-0.25, -0.2) is 4.98 Å². The molecule has 7 heteroatoms. The molecule has 0 aromatic carbocycles. The zero-order chi connectivity index (χ0) is 10.8. The van der Waals surface area contributed by atoms with Gasteiger partial charge in [0.2, 0.25) is 0 Å². The number of nitrogens with two attached hydrogens (primary N) is 1. The highest BCUT2D eigenvalue weighted by Gasteiger charge is 2.07. The first-order valence-electron chi connectivity index (χ1n) is 4.04. The summed E-state index contributed by atoms with van der Waals surface area (Å²) in [6, 6.07) is 1.82. The van der Waals surface area contributed by atoms with Gasteiger partial charge in [0, 0.05) is 10.7 Å². The van der Waals surface area contributed by atoms with Crippen LogP contribution in [-0.2, 0) is 0 Å². The topological polar surface area (TPSA) is 64.7 Å². The third-order valence-electron chi connectivity index (χ3n) is 1.54. The van der Waals surface area contributed by atoms with Gasteiger partial charge < -0.3 is 5.73 Å². The van der Waals surface area contributed by atoms with Gasteiger partial charge in [-0.3, -0.25) is 0 Å². The quantitative estimate of drug-likeness (QED) is 0.924. The number of halogens is 1. The molecule has 0 saturated carbocycles. The molecule has 78 valence electrons. The summed E-state index contributed by atoms with van der Waals surface area (Å²) >= 11 is 6.27. The Morgan fingerprint density at radius 1 is 1.47 bits per heavy atom. The standard InChI is InChI=1S/C8H7BrN4S2/c1-4-12-13-8(14-4)15-7-6(10)2-5(9)3-11-7/h2-3H,10H2,1H3. The molecule has 0 bridgehead atoms. The first-order valence-corrected chi connectivity index (χ1v) is 6.47. The van der Waals surface area contributed by atoms with E-state index in [4.69, 9.17) is 5.73 Å². The van der Waals surface area contributed by atoms with Gasteiger partial charge in [0.1, 0.15) is 10.0 Å². The summed E-state index contributed by atoms with van der Waals surface area (Å²) in [5.74, 6) is 0. The highest BCUT2D eigenvalue weighted by atomic mass is 79.9. The van der Waals surface area contributed by atoms with E-state index in [1.807, 2.05) is 13.0 Å². The summed E-state index contributed by atoms with van der Waals surface area (Å²) in [6.45, 7) is 1.92. The number of rotatable bonds is 2. The molecule has 2 rings (SSSR count). The summed E-state index contributed by atoms with van der Waals surface area (Å²) in [6.07, 6.45) is 1.71. The van der Waals surface area contributed by atoms with Gasteiger partial charge >= 0.3 is 0 Å². The minimum atomic E-state index is 0.641. The van der Waals surface area contributed by atoms with Crippen molar-refractivity contribution < 1.29 is 0 Å². The van der Waals surface area contributed by atoms with Crippen LogP contribution in [0.25, 0.3) is 0 Å². The first-order chi connectivity index (χ1) is 7.15. The Labute approximate surface area is 103 Å². The Balaban J connectivity index is 2.24. The zero-order valence-corrected chi connectivity index (χ0v) is 11.0. The van der Waals surface area contributed by atoms with Crippen LogP contribution in [0.1, 0.15) is 5.01 Å².